The number of benzene rings is 3. The SMILES string of the molecule is Cc1cc(C(O)(c2ccc3c(cnn3-c3ccccc3)c2)C(F)(F)F)c2ccccc2n1. The summed E-state index contributed by atoms with van der Waals surface area (Å²) in [6.07, 6.45) is -3.47. The van der Waals surface area contributed by atoms with Crippen molar-refractivity contribution in [3.63, 3.8) is 0 Å². The zero-order valence-corrected chi connectivity index (χ0v) is 17.0. The number of aryl methyl sites for hydroxylation is 1. The molecule has 5 rings (SSSR count). The molecular weight excluding hydrogens is 415 g/mol. The van der Waals surface area contributed by atoms with Crippen LogP contribution in [-0.2, 0) is 5.60 Å². The molecule has 160 valence electrons. The van der Waals surface area contributed by atoms with Crippen LogP contribution in [0.5, 0.6) is 0 Å². The molecule has 0 radical (unpaired) electrons. The minimum Gasteiger partial charge on any atom is -0.372 e. The maximum absolute atomic E-state index is 14.5. The molecule has 0 saturated carbocycles. The lowest BCUT2D eigenvalue weighted by molar-refractivity contribution is -0.247. The number of nitrogens with zero attached hydrogens (tertiary/aromatic N) is 3. The average molecular weight is 433 g/mol. The molecule has 5 aromatic rings. The predicted octanol–water partition coefficient (Wildman–Crippen LogP) is 5.68. The number of fused-ring (bicyclic) bond motifs is 2. The van der Waals surface area contributed by atoms with Crippen LogP contribution in [0.1, 0.15) is 16.8 Å². The third-order valence-corrected chi connectivity index (χ3v) is 5.63. The third-order valence-electron chi connectivity index (χ3n) is 5.63. The van der Waals surface area contributed by atoms with E-state index < -0.39 is 11.8 Å². The van der Waals surface area contributed by atoms with Crippen molar-refractivity contribution in [2.75, 3.05) is 0 Å². The number of hydrogen-bond acceptors (Lipinski definition) is 3. The molecule has 4 nitrogen and oxygen atoms in total. The van der Waals surface area contributed by atoms with Crippen molar-refractivity contribution in [2.24, 2.45) is 0 Å². The van der Waals surface area contributed by atoms with Gasteiger partial charge in [-0.05, 0) is 48.9 Å². The van der Waals surface area contributed by atoms with Gasteiger partial charge in [0.25, 0.3) is 0 Å². The topological polar surface area (TPSA) is 50.9 Å². The van der Waals surface area contributed by atoms with Crippen LogP contribution in [0.2, 0.25) is 0 Å². The predicted molar refractivity (Wildman–Crippen MR) is 117 cm³/mol. The van der Waals surface area contributed by atoms with Crippen molar-refractivity contribution in [3.8, 4) is 5.69 Å². The maximum atomic E-state index is 14.5. The molecule has 1 atom stereocenters. The Kier molecular flexibility index (Phi) is 4.53. The van der Waals surface area contributed by atoms with Crippen molar-refractivity contribution < 1.29 is 18.3 Å². The number of alkyl halides is 3. The number of rotatable bonds is 3. The highest BCUT2D eigenvalue weighted by molar-refractivity contribution is 5.85. The fourth-order valence-corrected chi connectivity index (χ4v) is 4.11. The number of aliphatic hydroxyl groups is 1. The zero-order chi connectivity index (χ0) is 22.5. The minimum atomic E-state index is -4.97. The molecule has 3 aromatic carbocycles. The Morgan fingerprint density at radius 2 is 1.59 bits per heavy atom. The number of para-hydroxylation sites is 2. The van der Waals surface area contributed by atoms with Crippen LogP contribution in [0.4, 0.5) is 13.2 Å². The molecule has 1 unspecified atom stereocenters. The first-order chi connectivity index (χ1) is 15.3. The molecule has 1 N–H and O–H groups in total. The second-order valence-corrected chi connectivity index (χ2v) is 7.70. The quantitative estimate of drug-likeness (QED) is 0.398. The van der Waals surface area contributed by atoms with E-state index in [-0.39, 0.29) is 16.5 Å². The maximum Gasteiger partial charge on any atom is 0.425 e. The first kappa shape index (κ1) is 20.2. The molecule has 0 saturated heterocycles. The van der Waals surface area contributed by atoms with Gasteiger partial charge in [-0.3, -0.25) is 4.98 Å². The zero-order valence-electron chi connectivity index (χ0n) is 17.0. The van der Waals surface area contributed by atoms with Gasteiger partial charge < -0.3 is 5.11 Å². The molecular formula is C25H18F3N3O. The highest BCUT2D eigenvalue weighted by atomic mass is 19.4. The van der Waals surface area contributed by atoms with E-state index in [1.165, 1.54) is 24.4 Å². The van der Waals surface area contributed by atoms with E-state index in [1.807, 2.05) is 30.3 Å². The molecule has 0 bridgehead atoms. The molecule has 2 aromatic heterocycles. The Morgan fingerprint density at radius 1 is 0.875 bits per heavy atom. The van der Waals surface area contributed by atoms with Crippen LogP contribution in [0, 0.1) is 6.92 Å². The highest BCUT2D eigenvalue weighted by Crippen LogP contribution is 2.47. The molecule has 0 spiro atoms. The Morgan fingerprint density at radius 3 is 2.34 bits per heavy atom. The fraction of sp³-hybridized carbons (Fsp3) is 0.120. The van der Waals surface area contributed by atoms with E-state index in [4.69, 9.17) is 0 Å². The molecule has 0 aliphatic heterocycles. The van der Waals surface area contributed by atoms with Crippen molar-refractivity contribution in [1.82, 2.24) is 14.8 Å². The van der Waals surface area contributed by atoms with Gasteiger partial charge in [0, 0.05) is 22.0 Å². The van der Waals surface area contributed by atoms with Gasteiger partial charge in [0.2, 0.25) is 5.60 Å². The van der Waals surface area contributed by atoms with E-state index >= 15 is 0 Å². The standard InChI is InChI=1S/C25H18F3N3O/c1-16-13-21(20-9-5-6-10-22(20)30-16)24(32,25(26,27)28)18-11-12-23-17(14-18)15-29-31(23)19-7-3-2-4-8-19/h2-15,32H,1H3. The van der Waals surface area contributed by atoms with E-state index in [9.17, 15) is 18.3 Å². The first-order valence-electron chi connectivity index (χ1n) is 9.99. The largest absolute Gasteiger partial charge is 0.425 e. The molecule has 0 amide bonds. The van der Waals surface area contributed by atoms with E-state index in [0.29, 0.717) is 22.1 Å². The monoisotopic (exact) mass is 433 g/mol. The molecule has 0 aliphatic carbocycles. The van der Waals surface area contributed by atoms with Gasteiger partial charge in [0.1, 0.15) is 0 Å². The van der Waals surface area contributed by atoms with Crippen LogP contribution in [0.25, 0.3) is 27.5 Å². The van der Waals surface area contributed by atoms with Gasteiger partial charge in [0.05, 0.1) is 22.9 Å². The summed E-state index contributed by atoms with van der Waals surface area (Å²) in [5.74, 6) is 0. The fourth-order valence-electron chi connectivity index (χ4n) is 4.11. The second-order valence-electron chi connectivity index (χ2n) is 7.70. The van der Waals surface area contributed by atoms with Gasteiger partial charge >= 0.3 is 6.18 Å². The summed E-state index contributed by atoms with van der Waals surface area (Å²) in [5, 5.41) is 16.4. The molecule has 7 heteroatoms. The number of hydrogen-bond donors (Lipinski definition) is 1. The number of aromatic nitrogens is 3. The summed E-state index contributed by atoms with van der Waals surface area (Å²) in [6.45, 7) is 1.61. The summed E-state index contributed by atoms with van der Waals surface area (Å²) in [6, 6.07) is 21.3. The summed E-state index contributed by atoms with van der Waals surface area (Å²) in [4.78, 5) is 4.32. The second kappa shape index (κ2) is 7.17. The van der Waals surface area contributed by atoms with Gasteiger partial charge in [-0.15, -0.1) is 0 Å². The van der Waals surface area contributed by atoms with Gasteiger partial charge in [-0.1, -0.05) is 42.5 Å². The summed E-state index contributed by atoms with van der Waals surface area (Å²) >= 11 is 0. The van der Waals surface area contributed by atoms with Gasteiger partial charge in [0.15, 0.2) is 0 Å². The molecule has 2 heterocycles. The van der Waals surface area contributed by atoms with Crippen LogP contribution in [-0.4, -0.2) is 26.0 Å². The highest BCUT2D eigenvalue weighted by Gasteiger charge is 2.57. The normalized spacial score (nSPS) is 14.0. The van der Waals surface area contributed by atoms with Crippen molar-refractivity contribution in [2.45, 2.75) is 18.7 Å². The lowest BCUT2D eigenvalue weighted by Gasteiger charge is -2.32. The van der Waals surface area contributed by atoms with Gasteiger partial charge in [-0.2, -0.15) is 18.3 Å². The molecule has 0 fully saturated rings. The van der Waals surface area contributed by atoms with Crippen molar-refractivity contribution in [3.05, 3.63) is 102 Å². The van der Waals surface area contributed by atoms with Crippen LogP contribution in [0.15, 0.2) is 85.1 Å². The van der Waals surface area contributed by atoms with Crippen molar-refractivity contribution in [1.29, 1.82) is 0 Å². The Labute approximate surface area is 181 Å². The van der Waals surface area contributed by atoms with E-state index in [2.05, 4.69) is 10.1 Å². The number of halogens is 3. The first-order valence-corrected chi connectivity index (χ1v) is 9.99. The van der Waals surface area contributed by atoms with Crippen LogP contribution < -0.4 is 0 Å². The lowest BCUT2D eigenvalue weighted by atomic mass is 9.83. The third kappa shape index (κ3) is 3.05. The van der Waals surface area contributed by atoms with E-state index in [1.54, 1.807) is 41.9 Å². The van der Waals surface area contributed by atoms with Crippen molar-refractivity contribution >= 4 is 21.8 Å². The van der Waals surface area contributed by atoms with Crippen LogP contribution >= 0.6 is 0 Å². The molecule has 0 aliphatic rings. The summed E-state index contributed by atoms with van der Waals surface area (Å²) in [5.41, 5.74) is -1.54. The Balaban J connectivity index is 1.75. The summed E-state index contributed by atoms with van der Waals surface area (Å²) in [7, 11) is 0. The van der Waals surface area contributed by atoms with Crippen LogP contribution in [0.3, 0.4) is 0 Å². The lowest BCUT2D eigenvalue weighted by Crippen LogP contribution is -2.43. The summed E-state index contributed by atoms with van der Waals surface area (Å²) < 4.78 is 45.2. The Hall–Kier alpha value is -3.71. The smallest absolute Gasteiger partial charge is 0.372 e. The molecule has 32 heavy (non-hydrogen) atoms. The average Bonchev–Trinajstić information content (AvgIpc) is 3.21. The van der Waals surface area contributed by atoms with Gasteiger partial charge in [-0.25, -0.2) is 4.68 Å². The Bertz CT molecular complexity index is 1440. The van der Waals surface area contributed by atoms with E-state index in [0.717, 1.165) is 5.69 Å². The number of pyridine rings is 1. The minimum absolute atomic E-state index is 0.247.